The van der Waals surface area contributed by atoms with Crippen LogP contribution in [0.15, 0.2) is 18.3 Å². The molecule has 0 saturated heterocycles. The second-order valence-electron chi connectivity index (χ2n) is 3.91. The molecular formula is C13H17N3OS. The quantitative estimate of drug-likeness (QED) is 0.900. The van der Waals surface area contributed by atoms with Crippen molar-refractivity contribution in [2.24, 2.45) is 0 Å². The molecule has 0 bridgehead atoms. The van der Waals surface area contributed by atoms with Gasteiger partial charge in [-0.1, -0.05) is 0 Å². The Balaban J connectivity index is 1.95. The van der Waals surface area contributed by atoms with Crippen LogP contribution in [0.2, 0.25) is 0 Å². The highest BCUT2D eigenvalue weighted by molar-refractivity contribution is 7.11. The number of aromatic nitrogens is 2. The van der Waals surface area contributed by atoms with Crippen LogP contribution >= 0.6 is 11.3 Å². The SMILES string of the molecule is CCOc1ccc(NCc2sc(C)nc2C)cn1. The molecule has 96 valence electrons. The Morgan fingerprint density at radius 3 is 2.72 bits per heavy atom. The van der Waals surface area contributed by atoms with E-state index < -0.39 is 0 Å². The van der Waals surface area contributed by atoms with Crippen LogP contribution in [0.1, 0.15) is 22.5 Å². The molecule has 2 aromatic heterocycles. The first-order valence-electron chi connectivity index (χ1n) is 5.94. The summed E-state index contributed by atoms with van der Waals surface area (Å²) in [4.78, 5) is 9.88. The molecule has 4 nitrogen and oxygen atoms in total. The molecule has 2 heterocycles. The average Bonchev–Trinajstić information content (AvgIpc) is 2.67. The first-order chi connectivity index (χ1) is 8.69. The molecule has 0 aliphatic carbocycles. The number of aryl methyl sites for hydroxylation is 2. The van der Waals surface area contributed by atoms with Crippen molar-refractivity contribution in [1.29, 1.82) is 0 Å². The van der Waals surface area contributed by atoms with E-state index in [-0.39, 0.29) is 0 Å². The Hall–Kier alpha value is -1.62. The molecule has 5 heteroatoms. The smallest absolute Gasteiger partial charge is 0.213 e. The van der Waals surface area contributed by atoms with Crippen molar-refractivity contribution in [2.45, 2.75) is 27.3 Å². The summed E-state index contributed by atoms with van der Waals surface area (Å²) in [5, 5.41) is 4.44. The summed E-state index contributed by atoms with van der Waals surface area (Å²) in [5.74, 6) is 0.660. The first kappa shape index (κ1) is 12.8. The van der Waals surface area contributed by atoms with Crippen LogP contribution in [0.3, 0.4) is 0 Å². The number of pyridine rings is 1. The Labute approximate surface area is 111 Å². The van der Waals surface area contributed by atoms with E-state index in [9.17, 15) is 0 Å². The number of hydrogen-bond donors (Lipinski definition) is 1. The molecule has 0 atom stereocenters. The Kier molecular flexibility index (Phi) is 4.15. The molecule has 0 spiro atoms. The second-order valence-corrected chi connectivity index (χ2v) is 5.20. The van der Waals surface area contributed by atoms with Gasteiger partial charge in [0.1, 0.15) is 0 Å². The van der Waals surface area contributed by atoms with E-state index in [1.807, 2.05) is 32.9 Å². The largest absolute Gasteiger partial charge is 0.478 e. The standard InChI is InChI=1S/C13H17N3OS/c1-4-17-13-6-5-11(7-15-13)14-8-12-9(2)16-10(3)18-12/h5-7,14H,4,8H2,1-3H3. The third-order valence-corrected chi connectivity index (χ3v) is 3.55. The highest BCUT2D eigenvalue weighted by Gasteiger charge is 2.04. The molecule has 1 N–H and O–H groups in total. The minimum Gasteiger partial charge on any atom is -0.478 e. The summed E-state index contributed by atoms with van der Waals surface area (Å²) in [6.07, 6.45) is 1.79. The summed E-state index contributed by atoms with van der Waals surface area (Å²) in [7, 11) is 0. The zero-order valence-electron chi connectivity index (χ0n) is 10.9. The molecule has 0 aliphatic rings. The van der Waals surface area contributed by atoms with Gasteiger partial charge >= 0.3 is 0 Å². The van der Waals surface area contributed by atoms with Crippen molar-refractivity contribution in [2.75, 3.05) is 11.9 Å². The minimum atomic E-state index is 0.638. The zero-order valence-corrected chi connectivity index (χ0v) is 11.7. The van der Waals surface area contributed by atoms with E-state index in [0.29, 0.717) is 12.5 Å². The molecule has 0 fully saturated rings. The predicted octanol–water partition coefficient (Wildman–Crippen LogP) is 3.17. The van der Waals surface area contributed by atoms with E-state index in [4.69, 9.17) is 4.74 Å². The van der Waals surface area contributed by atoms with Crippen molar-refractivity contribution in [3.63, 3.8) is 0 Å². The van der Waals surface area contributed by atoms with Gasteiger partial charge in [0, 0.05) is 10.9 Å². The summed E-state index contributed by atoms with van der Waals surface area (Å²) >= 11 is 1.73. The highest BCUT2D eigenvalue weighted by Crippen LogP contribution is 2.19. The van der Waals surface area contributed by atoms with Gasteiger partial charge < -0.3 is 10.1 Å². The van der Waals surface area contributed by atoms with E-state index in [1.165, 1.54) is 4.88 Å². The van der Waals surface area contributed by atoms with Gasteiger partial charge in [0.05, 0.1) is 35.7 Å². The maximum absolute atomic E-state index is 5.30. The molecule has 0 radical (unpaired) electrons. The number of anilines is 1. The molecule has 0 saturated carbocycles. The van der Waals surface area contributed by atoms with Crippen LogP contribution < -0.4 is 10.1 Å². The topological polar surface area (TPSA) is 47.0 Å². The number of nitrogens with one attached hydrogen (secondary N) is 1. The number of ether oxygens (including phenoxy) is 1. The monoisotopic (exact) mass is 263 g/mol. The maximum atomic E-state index is 5.30. The lowest BCUT2D eigenvalue weighted by atomic mass is 10.3. The molecular weight excluding hydrogens is 246 g/mol. The van der Waals surface area contributed by atoms with Crippen molar-refractivity contribution < 1.29 is 4.74 Å². The van der Waals surface area contributed by atoms with Gasteiger partial charge in [0.15, 0.2) is 0 Å². The van der Waals surface area contributed by atoms with Crippen molar-refractivity contribution >= 4 is 17.0 Å². The molecule has 0 amide bonds. The van der Waals surface area contributed by atoms with E-state index in [2.05, 4.69) is 15.3 Å². The lowest BCUT2D eigenvalue weighted by molar-refractivity contribution is 0.327. The molecule has 0 unspecified atom stereocenters. The fraction of sp³-hybridized carbons (Fsp3) is 0.385. The van der Waals surface area contributed by atoms with Crippen LogP contribution in [-0.4, -0.2) is 16.6 Å². The van der Waals surface area contributed by atoms with Crippen molar-refractivity contribution in [3.8, 4) is 5.88 Å². The summed E-state index contributed by atoms with van der Waals surface area (Å²) < 4.78 is 5.30. The first-order valence-corrected chi connectivity index (χ1v) is 6.76. The molecule has 18 heavy (non-hydrogen) atoms. The summed E-state index contributed by atoms with van der Waals surface area (Å²) in [5.41, 5.74) is 2.09. The average molecular weight is 263 g/mol. The molecule has 0 aliphatic heterocycles. The fourth-order valence-electron chi connectivity index (χ4n) is 1.64. The van der Waals surface area contributed by atoms with Crippen molar-refractivity contribution in [3.05, 3.63) is 33.9 Å². The summed E-state index contributed by atoms with van der Waals surface area (Å²) in [6, 6.07) is 3.85. The highest BCUT2D eigenvalue weighted by atomic mass is 32.1. The summed E-state index contributed by atoms with van der Waals surface area (Å²) in [6.45, 7) is 7.44. The van der Waals surface area contributed by atoms with Crippen LogP contribution in [-0.2, 0) is 6.54 Å². The second kappa shape index (κ2) is 5.82. The van der Waals surface area contributed by atoms with Gasteiger partial charge in [0.25, 0.3) is 0 Å². The third kappa shape index (κ3) is 3.20. The Morgan fingerprint density at radius 1 is 1.33 bits per heavy atom. The number of thiazole rings is 1. The van der Waals surface area contributed by atoms with Crippen molar-refractivity contribution in [1.82, 2.24) is 9.97 Å². The molecule has 2 rings (SSSR count). The van der Waals surface area contributed by atoms with Crippen LogP contribution in [0.25, 0.3) is 0 Å². The maximum Gasteiger partial charge on any atom is 0.213 e. The van der Waals surface area contributed by atoms with Gasteiger partial charge in [-0.05, 0) is 26.8 Å². The number of nitrogens with zero attached hydrogens (tertiary/aromatic N) is 2. The van der Waals surface area contributed by atoms with Crippen LogP contribution in [0, 0.1) is 13.8 Å². The van der Waals surface area contributed by atoms with Crippen LogP contribution in [0.5, 0.6) is 5.88 Å². The van der Waals surface area contributed by atoms with Gasteiger partial charge in [-0.15, -0.1) is 11.3 Å². The normalized spacial score (nSPS) is 10.4. The molecule has 2 aromatic rings. The van der Waals surface area contributed by atoms with Gasteiger partial charge in [-0.2, -0.15) is 0 Å². The lowest BCUT2D eigenvalue weighted by Crippen LogP contribution is -2.00. The predicted molar refractivity (Wildman–Crippen MR) is 74.3 cm³/mol. The minimum absolute atomic E-state index is 0.638. The molecule has 0 aromatic carbocycles. The van der Waals surface area contributed by atoms with E-state index in [1.54, 1.807) is 17.5 Å². The fourth-order valence-corrected chi connectivity index (χ4v) is 2.51. The van der Waals surface area contributed by atoms with Gasteiger partial charge in [-0.25, -0.2) is 9.97 Å². The Bertz CT molecular complexity index is 507. The van der Waals surface area contributed by atoms with E-state index in [0.717, 1.165) is 22.9 Å². The Morgan fingerprint density at radius 2 is 2.17 bits per heavy atom. The number of hydrogen-bond acceptors (Lipinski definition) is 5. The zero-order chi connectivity index (χ0) is 13.0. The van der Waals surface area contributed by atoms with E-state index >= 15 is 0 Å². The van der Waals surface area contributed by atoms with Gasteiger partial charge in [-0.3, -0.25) is 0 Å². The van der Waals surface area contributed by atoms with Gasteiger partial charge in [0.2, 0.25) is 5.88 Å². The van der Waals surface area contributed by atoms with Crippen LogP contribution in [0.4, 0.5) is 5.69 Å². The lowest BCUT2D eigenvalue weighted by Gasteiger charge is -2.06. The third-order valence-electron chi connectivity index (χ3n) is 2.48. The number of rotatable bonds is 5.